The van der Waals surface area contributed by atoms with Gasteiger partial charge in [0, 0.05) is 22.3 Å². The number of benzene rings is 4. The van der Waals surface area contributed by atoms with Crippen LogP contribution in [0.4, 0.5) is 0 Å². The molecule has 0 atom stereocenters. The third-order valence-corrected chi connectivity index (χ3v) is 5.81. The minimum absolute atomic E-state index is 0.375. The highest BCUT2D eigenvalue weighted by Gasteiger charge is 2.13. The SMILES string of the molecule is N#Cc1ccc(-c2nnc(-c3ccc(Oc4ccc(-c5nnc(-c6ccc(C#N)cc6)o5)cc4)cc3)o2)cc1. The summed E-state index contributed by atoms with van der Waals surface area (Å²) >= 11 is 0. The first-order chi connectivity index (χ1) is 19.2. The van der Waals surface area contributed by atoms with Gasteiger partial charge in [-0.15, -0.1) is 20.4 Å². The van der Waals surface area contributed by atoms with Gasteiger partial charge in [0.05, 0.1) is 23.3 Å². The molecule has 184 valence electrons. The molecule has 0 radical (unpaired) electrons. The summed E-state index contributed by atoms with van der Waals surface area (Å²) in [7, 11) is 0. The Balaban J connectivity index is 1.12. The van der Waals surface area contributed by atoms with E-state index in [2.05, 4.69) is 32.5 Å². The van der Waals surface area contributed by atoms with Crippen LogP contribution in [0.3, 0.4) is 0 Å². The van der Waals surface area contributed by atoms with Crippen molar-refractivity contribution in [2.75, 3.05) is 0 Å². The Morgan fingerprint density at radius 2 is 0.718 bits per heavy atom. The van der Waals surface area contributed by atoms with Crippen LogP contribution >= 0.6 is 0 Å². The number of aromatic nitrogens is 4. The lowest BCUT2D eigenvalue weighted by molar-refractivity contribution is 0.482. The van der Waals surface area contributed by atoms with Crippen molar-refractivity contribution in [2.24, 2.45) is 0 Å². The smallest absolute Gasteiger partial charge is 0.248 e. The summed E-state index contributed by atoms with van der Waals surface area (Å²) in [5, 5.41) is 34.4. The maximum Gasteiger partial charge on any atom is 0.248 e. The molecule has 0 saturated carbocycles. The molecule has 0 bridgehead atoms. The van der Waals surface area contributed by atoms with Crippen molar-refractivity contribution in [3.05, 3.63) is 108 Å². The average molecular weight is 508 g/mol. The molecule has 6 rings (SSSR count). The van der Waals surface area contributed by atoms with Crippen molar-refractivity contribution in [1.82, 2.24) is 20.4 Å². The van der Waals surface area contributed by atoms with E-state index in [0.29, 0.717) is 46.2 Å². The van der Waals surface area contributed by atoms with Crippen molar-refractivity contribution in [3.63, 3.8) is 0 Å². The van der Waals surface area contributed by atoms with E-state index in [9.17, 15) is 0 Å². The van der Waals surface area contributed by atoms with Gasteiger partial charge in [0.2, 0.25) is 23.6 Å². The van der Waals surface area contributed by atoms with E-state index in [-0.39, 0.29) is 0 Å². The molecule has 0 aliphatic rings. The summed E-state index contributed by atoms with van der Waals surface area (Å²) in [5.74, 6) is 2.79. The highest BCUT2D eigenvalue weighted by Crippen LogP contribution is 2.30. The molecule has 0 spiro atoms. The summed E-state index contributed by atoms with van der Waals surface area (Å²) in [6, 6.07) is 32.7. The predicted molar refractivity (Wildman–Crippen MR) is 140 cm³/mol. The highest BCUT2D eigenvalue weighted by atomic mass is 16.5. The molecule has 9 nitrogen and oxygen atoms in total. The second kappa shape index (κ2) is 10.1. The molecule has 0 aliphatic heterocycles. The van der Waals surface area contributed by atoms with Crippen LogP contribution in [0.5, 0.6) is 11.5 Å². The Bertz CT molecular complexity index is 1690. The Hall–Kier alpha value is -6.06. The third kappa shape index (κ3) is 4.96. The Kier molecular flexibility index (Phi) is 6.06. The zero-order valence-electron chi connectivity index (χ0n) is 20.1. The minimum atomic E-state index is 0.375. The molecule has 0 fully saturated rings. The van der Waals surface area contributed by atoms with Crippen LogP contribution in [-0.4, -0.2) is 20.4 Å². The standard InChI is InChI=1S/C30H16N6O3/c31-17-19-1-5-21(6-2-19)27-33-35-29(38-27)23-9-13-25(14-10-23)37-26-15-11-24(12-16-26)30-36-34-28(39-30)22-7-3-20(18-32)4-8-22/h1-16H. The van der Waals surface area contributed by atoms with E-state index in [1.54, 1.807) is 48.5 Å². The van der Waals surface area contributed by atoms with Gasteiger partial charge in [-0.25, -0.2) is 0 Å². The summed E-state index contributed by atoms with van der Waals surface area (Å²) in [6.07, 6.45) is 0. The summed E-state index contributed by atoms with van der Waals surface area (Å²) in [5.41, 5.74) is 4.10. The summed E-state index contributed by atoms with van der Waals surface area (Å²) in [4.78, 5) is 0. The molecular weight excluding hydrogens is 492 g/mol. The number of hydrogen-bond donors (Lipinski definition) is 0. The third-order valence-electron chi connectivity index (χ3n) is 5.81. The van der Waals surface area contributed by atoms with Gasteiger partial charge in [-0.3, -0.25) is 0 Å². The minimum Gasteiger partial charge on any atom is -0.457 e. The number of nitrogens with zero attached hydrogens (tertiary/aromatic N) is 6. The molecule has 0 aliphatic carbocycles. The normalized spacial score (nSPS) is 10.5. The molecular formula is C30H16N6O3. The van der Waals surface area contributed by atoms with E-state index in [1.165, 1.54) is 0 Å². The largest absolute Gasteiger partial charge is 0.457 e. The van der Waals surface area contributed by atoms with Gasteiger partial charge in [0.1, 0.15) is 11.5 Å². The molecule has 2 aromatic heterocycles. The number of rotatable bonds is 6. The van der Waals surface area contributed by atoms with Crippen LogP contribution in [-0.2, 0) is 0 Å². The zero-order chi connectivity index (χ0) is 26.6. The van der Waals surface area contributed by atoms with E-state index in [1.807, 2.05) is 48.5 Å². The first-order valence-electron chi connectivity index (χ1n) is 11.8. The molecule has 0 amide bonds. The second-order valence-corrected chi connectivity index (χ2v) is 8.35. The van der Waals surface area contributed by atoms with Crippen molar-refractivity contribution in [1.29, 1.82) is 10.5 Å². The maximum absolute atomic E-state index is 8.95. The van der Waals surface area contributed by atoms with Crippen LogP contribution in [0.2, 0.25) is 0 Å². The van der Waals surface area contributed by atoms with E-state index < -0.39 is 0 Å². The fourth-order valence-electron chi connectivity index (χ4n) is 3.75. The first kappa shape index (κ1) is 23.3. The molecule has 0 saturated heterocycles. The van der Waals surface area contributed by atoms with Gasteiger partial charge >= 0.3 is 0 Å². The number of ether oxygens (including phenoxy) is 1. The van der Waals surface area contributed by atoms with Crippen LogP contribution in [0.1, 0.15) is 11.1 Å². The van der Waals surface area contributed by atoms with Crippen LogP contribution in [0.15, 0.2) is 106 Å². The van der Waals surface area contributed by atoms with Crippen LogP contribution in [0.25, 0.3) is 45.8 Å². The molecule has 0 unspecified atom stereocenters. The Morgan fingerprint density at radius 1 is 0.436 bits per heavy atom. The summed E-state index contributed by atoms with van der Waals surface area (Å²) in [6.45, 7) is 0. The van der Waals surface area contributed by atoms with Gasteiger partial charge in [-0.2, -0.15) is 10.5 Å². The zero-order valence-corrected chi connectivity index (χ0v) is 20.1. The van der Waals surface area contributed by atoms with E-state index >= 15 is 0 Å². The summed E-state index contributed by atoms with van der Waals surface area (Å²) < 4.78 is 17.6. The topological polar surface area (TPSA) is 135 Å². The van der Waals surface area contributed by atoms with Gasteiger partial charge in [0.15, 0.2) is 0 Å². The van der Waals surface area contributed by atoms with Crippen LogP contribution < -0.4 is 4.74 Å². The maximum atomic E-state index is 8.95. The van der Waals surface area contributed by atoms with Crippen molar-refractivity contribution >= 4 is 0 Å². The molecule has 6 aromatic rings. The average Bonchev–Trinajstić information content (AvgIpc) is 3.69. The fourth-order valence-corrected chi connectivity index (χ4v) is 3.75. The molecule has 9 heteroatoms. The number of nitriles is 2. The van der Waals surface area contributed by atoms with Gasteiger partial charge in [-0.05, 0) is 97.1 Å². The monoisotopic (exact) mass is 508 g/mol. The quantitative estimate of drug-likeness (QED) is 0.242. The lowest BCUT2D eigenvalue weighted by Gasteiger charge is -2.06. The van der Waals surface area contributed by atoms with Crippen LogP contribution in [0, 0.1) is 22.7 Å². The Labute approximate surface area is 222 Å². The predicted octanol–water partition coefficient (Wildman–Crippen LogP) is 6.66. The van der Waals surface area contributed by atoms with Gasteiger partial charge in [0.25, 0.3) is 0 Å². The van der Waals surface area contributed by atoms with E-state index in [0.717, 1.165) is 22.3 Å². The Morgan fingerprint density at radius 3 is 1.00 bits per heavy atom. The molecule has 4 aromatic carbocycles. The van der Waals surface area contributed by atoms with Gasteiger partial charge in [-0.1, -0.05) is 0 Å². The first-order valence-corrected chi connectivity index (χ1v) is 11.8. The lowest BCUT2D eigenvalue weighted by Crippen LogP contribution is -1.85. The molecule has 39 heavy (non-hydrogen) atoms. The highest BCUT2D eigenvalue weighted by molar-refractivity contribution is 5.61. The van der Waals surface area contributed by atoms with Crippen molar-refractivity contribution in [3.8, 4) is 69.5 Å². The lowest BCUT2D eigenvalue weighted by atomic mass is 10.1. The molecule has 0 N–H and O–H groups in total. The molecule has 2 heterocycles. The number of hydrogen-bond acceptors (Lipinski definition) is 9. The van der Waals surface area contributed by atoms with Crippen molar-refractivity contribution in [2.45, 2.75) is 0 Å². The van der Waals surface area contributed by atoms with Gasteiger partial charge < -0.3 is 13.6 Å². The van der Waals surface area contributed by atoms with Crippen molar-refractivity contribution < 1.29 is 13.6 Å². The second-order valence-electron chi connectivity index (χ2n) is 8.35. The fraction of sp³-hybridized carbons (Fsp3) is 0. The van der Waals surface area contributed by atoms with E-state index in [4.69, 9.17) is 24.1 Å².